The first-order valence-corrected chi connectivity index (χ1v) is 19.1. The monoisotopic (exact) mass is 942 g/mol. The molecule has 0 aliphatic carbocycles. The summed E-state index contributed by atoms with van der Waals surface area (Å²) in [7, 11) is 0. The minimum absolute atomic E-state index is 0. The van der Waals surface area contributed by atoms with Gasteiger partial charge in [0.1, 0.15) is 0 Å². The van der Waals surface area contributed by atoms with Crippen molar-refractivity contribution < 1.29 is 52.8 Å². The molecule has 5 aromatic rings. The largest absolute Gasteiger partial charge is 0.512 e. The zero-order valence-electron chi connectivity index (χ0n) is 39.8. The third-order valence-corrected chi connectivity index (χ3v) is 11.2. The van der Waals surface area contributed by atoms with Crippen molar-refractivity contribution in [3.8, 4) is 21.7 Å². The average Bonchev–Trinajstić information content (AvgIpc) is 3.51. The first-order chi connectivity index (χ1) is 27.8. The number of alkyl halides is 3. The Labute approximate surface area is 347 Å². The quantitative estimate of drug-likeness (QED) is 0.0815. The molecule has 293 valence electrons. The van der Waals surface area contributed by atoms with Gasteiger partial charge in [0, 0.05) is 62.2 Å². The van der Waals surface area contributed by atoms with Crippen molar-refractivity contribution in [2.24, 2.45) is 17.3 Å². The Morgan fingerprint density at radius 3 is 2.07 bits per heavy atom. The van der Waals surface area contributed by atoms with Crippen molar-refractivity contribution in [3.05, 3.63) is 101 Å². The number of benzene rings is 3. The predicted molar refractivity (Wildman–Crippen MR) is 218 cm³/mol. The molecule has 2 heterocycles. The van der Waals surface area contributed by atoms with Crippen molar-refractivity contribution >= 4 is 38.0 Å². The molecule has 0 saturated carbocycles. The van der Waals surface area contributed by atoms with Gasteiger partial charge in [-0.3, -0.25) is 9.78 Å². The molecule has 0 spiro atoms. The van der Waals surface area contributed by atoms with Crippen LogP contribution in [-0.4, -0.2) is 22.1 Å². The van der Waals surface area contributed by atoms with Gasteiger partial charge in [-0.15, -0.1) is 40.4 Å². The number of fused-ring (bicyclic) bond motifs is 2. The predicted octanol–water partition coefficient (Wildman–Crippen LogP) is 14.2. The molecule has 0 amide bonds. The van der Waals surface area contributed by atoms with Crippen LogP contribution in [0.15, 0.2) is 78.5 Å². The standard InChI is InChI=1S/C33H31F3NS.C13H24O2.Ir/c1-20-25-15-16-37-28(24-17-23-9-7-8-10-26(23)27(18-24)31(2,3)4)30(25)38-29(20)22-13-11-21(12-14-22)19-32(5,6)33(34,35)36;1-5-10(6-2)12(14)9-13(15)11(7-3)8-4;/h7-16,18H,19H2,1-6H3;9-11,14H,5-8H2,1-4H3;/q-1;;/b;12-9-;/i7D,8D,9D,10D,15D,16D,18D;;. The van der Waals surface area contributed by atoms with Gasteiger partial charge in [0.05, 0.1) is 18.0 Å². The Kier molecular flexibility index (Phi) is 12.1. The van der Waals surface area contributed by atoms with E-state index in [-0.39, 0.29) is 102 Å². The van der Waals surface area contributed by atoms with Crippen molar-refractivity contribution in [2.75, 3.05) is 0 Å². The number of aliphatic hydroxyl groups excluding tert-OH is 1. The van der Waals surface area contributed by atoms with Gasteiger partial charge in [0.25, 0.3) is 0 Å². The summed E-state index contributed by atoms with van der Waals surface area (Å²) in [6.45, 7) is 17.8. The number of hydrogen-bond acceptors (Lipinski definition) is 4. The second-order valence-corrected chi connectivity index (χ2v) is 16.2. The Bertz CT molecular complexity index is 2430. The molecule has 2 aromatic heterocycles. The van der Waals surface area contributed by atoms with E-state index in [1.165, 1.54) is 31.3 Å². The average molecular weight is 942 g/mol. The molecule has 0 saturated heterocycles. The third-order valence-electron chi connectivity index (χ3n) is 9.85. The molecule has 0 aliphatic heterocycles. The van der Waals surface area contributed by atoms with Gasteiger partial charge < -0.3 is 5.11 Å². The van der Waals surface area contributed by atoms with Crippen LogP contribution in [0.1, 0.15) is 114 Å². The number of hydrogen-bond donors (Lipinski definition) is 1. The number of carbonyl (C=O) groups excluding carboxylic acids is 1. The van der Waals surface area contributed by atoms with E-state index in [1.807, 2.05) is 48.5 Å². The molecule has 0 fully saturated rings. The summed E-state index contributed by atoms with van der Waals surface area (Å²) in [6.07, 6.45) is 0.0432. The smallest absolute Gasteiger partial charge is 0.394 e. The van der Waals surface area contributed by atoms with Crippen LogP contribution in [0.3, 0.4) is 0 Å². The molecule has 0 atom stereocenters. The van der Waals surface area contributed by atoms with E-state index in [1.54, 1.807) is 31.2 Å². The summed E-state index contributed by atoms with van der Waals surface area (Å²) in [5.41, 5.74) is 0.0808. The van der Waals surface area contributed by atoms with Gasteiger partial charge in [-0.25, -0.2) is 0 Å². The molecule has 8 heteroatoms. The summed E-state index contributed by atoms with van der Waals surface area (Å²) in [6, 6.07) is 8.33. The van der Waals surface area contributed by atoms with E-state index >= 15 is 0 Å². The number of carbonyl (C=O) groups is 1. The molecule has 0 unspecified atom stereocenters. The zero-order chi connectivity index (χ0) is 45.4. The van der Waals surface area contributed by atoms with Gasteiger partial charge >= 0.3 is 6.18 Å². The molecule has 5 rings (SSSR count). The van der Waals surface area contributed by atoms with Gasteiger partial charge in [-0.1, -0.05) is 116 Å². The van der Waals surface area contributed by atoms with Crippen LogP contribution in [0.4, 0.5) is 13.2 Å². The topological polar surface area (TPSA) is 50.2 Å². The Morgan fingerprint density at radius 2 is 1.52 bits per heavy atom. The van der Waals surface area contributed by atoms with Crippen molar-refractivity contribution in [3.63, 3.8) is 0 Å². The van der Waals surface area contributed by atoms with Crippen LogP contribution in [-0.2, 0) is 36.7 Å². The fourth-order valence-corrected chi connectivity index (χ4v) is 7.51. The Hall–Kier alpha value is -3.32. The van der Waals surface area contributed by atoms with E-state index in [9.17, 15) is 24.4 Å². The van der Waals surface area contributed by atoms with Gasteiger partial charge in [0.15, 0.2) is 5.78 Å². The maximum absolute atomic E-state index is 13.5. The number of thiophene rings is 1. The second-order valence-electron chi connectivity index (χ2n) is 15.2. The molecule has 54 heavy (non-hydrogen) atoms. The van der Waals surface area contributed by atoms with Gasteiger partial charge in [-0.05, 0) is 72.6 Å². The fourth-order valence-electron chi connectivity index (χ4n) is 6.25. The summed E-state index contributed by atoms with van der Waals surface area (Å²) in [5, 5.41) is 10.5. The molecule has 1 radical (unpaired) electrons. The minimum Gasteiger partial charge on any atom is -0.512 e. The molecular formula is C46H55F3IrNO2S-. The summed E-state index contributed by atoms with van der Waals surface area (Å²) >= 11 is 1.28. The van der Waals surface area contributed by atoms with Crippen LogP contribution in [0.5, 0.6) is 0 Å². The number of nitrogens with zero attached hydrogens (tertiary/aromatic N) is 1. The van der Waals surface area contributed by atoms with E-state index in [4.69, 9.17) is 8.22 Å². The number of aryl methyl sites for hydroxylation is 1. The van der Waals surface area contributed by atoms with Gasteiger partial charge in [0.2, 0.25) is 0 Å². The van der Waals surface area contributed by atoms with Crippen LogP contribution in [0.2, 0.25) is 0 Å². The molecule has 1 N–H and O–H groups in total. The van der Waals surface area contributed by atoms with Crippen molar-refractivity contribution in [2.45, 2.75) is 113 Å². The number of aliphatic hydroxyl groups is 1. The molecule has 3 aromatic carbocycles. The number of allylic oxidation sites excluding steroid dienone is 2. The first-order valence-electron chi connectivity index (χ1n) is 21.7. The van der Waals surface area contributed by atoms with Crippen molar-refractivity contribution in [1.29, 1.82) is 0 Å². The number of halogens is 3. The summed E-state index contributed by atoms with van der Waals surface area (Å²) in [4.78, 5) is 16.9. The SMILES string of the molecule is CCC(CC)C(=O)/C=C(\O)C(CC)CC.[2H]c1nc(-c2[c-]c3c([2H])c([2H])c([2H])c([2H])c3c(C(C)(C)C)c2[2H])c2sc(-c3ccc(CC(C)(C)C(F)(F)F)cc3)c(C)c2c1[2H].[Ir]. The number of aromatic nitrogens is 1. The fraction of sp³-hybridized carbons (Fsp3) is 0.435. The number of pyridine rings is 1. The van der Waals surface area contributed by atoms with Crippen molar-refractivity contribution in [1.82, 2.24) is 4.98 Å². The molecule has 0 bridgehead atoms. The van der Waals surface area contributed by atoms with E-state index in [0.717, 1.165) is 36.1 Å². The van der Waals surface area contributed by atoms with Crippen LogP contribution in [0, 0.1) is 30.2 Å². The number of ketones is 1. The summed E-state index contributed by atoms with van der Waals surface area (Å²) < 4.78 is 101. The van der Waals surface area contributed by atoms with Crippen LogP contribution < -0.4 is 0 Å². The maximum Gasteiger partial charge on any atom is 0.394 e. The molecule has 3 nitrogen and oxygen atoms in total. The third kappa shape index (κ3) is 10.3. The minimum atomic E-state index is -4.35. The maximum atomic E-state index is 13.5. The zero-order valence-corrected chi connectivity index (χ0v) is 36.0. The number of rotatable bonds is 11. The second kappa shape index (κ2) is 18.5. The van der Waals surface area contributed by atoms with E-state index in [0.29, 0.717) is 26.8 Å². The van der Waals surface area contributed by atoms with E-state index in [2.05, 4.69) is 11.1 Å². The van der Waals surface area contributed by atoms with Gasteiger partial charge in [-0.2, -0.15) is 13.2 Å². The normalized spacial score (nSPS) is 14.4. The molecule has 0 aliphatic rings. The van der Waals surface area contributed by atoms with Crippen LogP contribution in [0.25, 0.3) is 42.6 Å². The molecular weight excluding hydrogens is 880 g/mol. The first kappa shape index (κ1) is 35.1. The Balaban J connectivity index is 0.000000530. The van der Waals surface area contributed by atoms with Crippen LogP contribution >= 0.6 is 11.3 Å². The van der Waals surface area contributed by atoms with E-state index < -0.39 is 29.1 Å². The Morgan fingerprint density at radius 1 is 0.926 bits per heavy atom. The summed E-state index contributed by atoms with van der Waals surface area (Å²) in [5.74, 6) is 0.547.